The van der Waals surface area contributed by atoms with Crippen LogP contribution in [-0.4, -0.2) is 31.3 Å². The van der Waals surface area contributed by atoms with Gasteiger partial charge in [-0.3, -0.25) is 13.9 Å². The van der Waals surface area contributed by atoms with Crippen LogP contribution in [0.4, 0.5) is 0 Å². The molecule has 0 aliphatic rings. The topological polar surface area (TPSA) is 73.8 Å². The van der Waals surface area contributed by atoms with Crippen LogP contribution in [0, 0.1) is 6.92 Å². The van der Waals surface area contributed by atoms with E-state index in [9.17, 15) is 9.59 Å². The number of hydrogen-bond donors (Lipinski definition) is 1. The fourth-order valence-electron chi connectivity index (χ4n) is 3.22. The van der Waals surface area contributed by atoms with Gasteiger partial charge >= 0.3 is 5.69 Å². The molecule has 0 aliphatic heterocycles. The Morgan fingerprint density at radius 1 is 1.11 bits per heavy atom. The summed E-state index contributed by atoms with van der Waals surface area (Å²) in [5.74, 6) is 0. The molecule has 7 heteroatoms. The number of imidazole rings is 1. The Balaban J connectivity index is 1.60. The quantitative estimate of drug-likeness (QED) is 0.682. The monoisotopic (exact) mass is 369 g/mol. The molecule has 3 aromatic rings. The van der Waals surface area contributed by atoms with Crippen molar-refractivity contribution in [3.8, 4) is 0 Å². The van der Waals surface area contributed by atoms with E-state index in [0.29, 0.717) is 23.8 Å². The zero-order chi connectivity index (χ0) is 19.6. The molecule has 0 bridgehead atoms. The first kappa shape index (κ1) is 19.1. The van der Waals surface area contributed by atoms with Crippen LogP contribution in [0.5, 0.6) is 0 Å². The third kappa shape index (κ3) is 4.03. The van der Waals surface area contributed by atoms with Crippen LogP contribution in [0.2, 0.25) is 0 Å². The van der Waals surface area contributed by atoms with Crippen LogP contribution < -0.4 is 16.6 Å². The lowest BCUT2D eigenvalue weighted by molar-refractivity contribution is 0.482. The summed E-state index contributed by atoms with van der Waals surface area (Å²) >= 11 is 0. The third-order valence-electron chi connectivity index (χ3n) is 5.05. The van der Waals surface area contributed by atoms with Crippen molar-refractivity contribution in [3.05, 3.63) is 62.6 Å². The second kappa shape index (κ2) is 7.92. The van der Waals surface area contributed by atoms with Gasteiger partial charge in [-0.1, -0.05) is 29.8 Å². The van der Waals surface area contributed by atoms with Crippen molar-refractivity contribution in [1.29, 1.82) is 0 Å². The number of hydrogen-bond acceptors (Lipinski definition) is 4. The molecular formula is C20H27N5O2. The Hall–Kier alpha value is -2.67. The molecule has 3 rings (SSSR count). The summed E-state index contributed by atoms with van der Waals surface area (Å²) in [4.78, 5) is 28.7. The zero-order valence-corrected chi connectivity index (χ0v) is 16.4. The van der Waals surface area contributed by atoms with Gasteiger partial charge in [-0.05, 0) is 38.8 Å². The minimum Gasteiger partial charge on any atom is -0.325 e. The standard InChI is InChI=1S/C20H27N5O2/c1-14-5-7-16(8-6-14)9-11-21-15(2)10-12-25-13-22-18-17(25)19(26)24(4)20(27)23(18)3/h5-8,13,15,21H,9-12H2,1-4H3. The van der Waals surface area contributed by atoms with Crippen LogP contribution in [-0.2, 0) is 27.1 Å². The molecule has 0 amide bonds. The predicted molar refractivity (Wildman–Crippen MR) is 107 cm³/mol. The van der Waals surface area contributed by atoms with Crippen LogP contribution in [0.3, 0.4) is 0 Å². The van der Waals surface area contributed by atoms with Crippen molar-refractivity contribution in [2.45, 2.75) is 39.3 Å². The van der Waals surface area contributed by atoms with Crippen molar-refractivity contribution in [3.63, 3.8) is 0 Å². The summed E-state index contributed by atoms with van der Waals surface area (Å²) in [7, 11) is 3.13. The lowest BCUT2D eigenvalue weighted by atomic mass is 10.1. The molecule has 2 aromatic heterocycles. The first-order valence-corrected chi connectivity index (χ1v) is 9.28. The second-order valence-corrected chi connectivity index (χ2v) is 7.20. The normalized spacial score (nSPS) is 12.6. The number of fused-ring (bicyclic) bond motifs is 1. The number of nitrogens with one attached hydrogen (secondary N) is 1. The average molecular weight is 369 g/mol. The number of benzene rings is 1. The molecule has 0 radical (unpaired) electrons. The average Bonchev–Trinajstić information content (AvgIpc) is 3.09. The Labute approximate surface area is 158 Å². The van der Waals surface area contributed by atoms with Gasteiger partial charge in [0.05, 0.1) is 6.33 Å². The van der Waals surface area contributed by atoms with Gasteiger partial charge in [-0.25, -0.2) is 9.78 Å². The van der Waals surface area contributed by atoms with Gasteiger partial charge in [0, 0.05) is 26.7 Å². The minimum atomic E-state index is -0.358. The number of aromatic nitrogens is 4. The summed E-state index contributed by atoms with van der Waals surface area (Å²) in [5.41, 5.74) is 2.85. The first-order chi connectivity index (χ1) is 12.9. The van der Waals surface area contributed by atoms with Gasteiger partial charge in [-0.15, -0.1) is 0 Å². The highest BCUT2D eigenvalue weighted by atomic mass is 16.2. The van der Waals surface area contributed by atoms with Crippen molar-refractivity contribution in [2.75, 3.05) is 6.54 Å². The van der Waals surface area contributed by atoms with E-state index >= 15 is 0 Å². The molecule has 1 atom stereocenters. The van der Waals surface area contributed by atoms with Gasteiger partial charge in [0.25, 0.3) is 5.56 Å². The highest BCUT2D eigenvalue weighted by molar-refractivity contribution is 5.69. The summed E-state index contributed by atoms with van der Waals surface area (Å²) < 4.78 is 4.38. The van der Waals surface area contributed by atoms with E-state index in [4.69, 9.17) is 0 Å². The molecule has 144 valence electrons. The molecule has 0 fully saturated rings. The van der Waals surface area contributed by atoms with Crippen molar-refractivity contribution < 1.29 is 0 Å². The largest absolute Gasteiger partial charge is 0.332 e. The first-order valence-electron chi connectivity index (χ1n) is 9.28. The second-order valence-electron chi connectivity index (χ2n) is 7.20. The smallest absolute Gasteiger partial charge is 0.325 e. The van der Waals surface area contributed by atoms with E-state index < -0.39 is 0 Å². The number of aryl methyl sites for hydroxylation is 3. The lowest BCUT2D eigenvalue weighted by Crippen LogP contribution is -2.37. The minimum absolute atomic E-state index is 0.300. The van der Waals surface area contributed by atoms with E-state index in [-0.39, 0.29) is 11.2 Å². The Morgan fingerprint density at radius 3 is 2.52 bits per heavy atom. The Kier molecular flexibility index (Phi) is 5.60. The molecule has 1 unspecified atom stereocenters. The Bertz CT molecular complexity index is 1040. The molecule has 1 aromatic carbocycles. The van der Waals surface area contributed by atoms with Crippen LogP contribution in [0.25, 0.3) is 11.2 Å². The molecular weight excluding hydrogens is 342 g/mol. The summed E-state index contributed by atoms with van der Waals surface area (Å²) in [6.07, 6.45) is 3.50. The van der Waals surface area contributed by atoms with E-state index in [1.165, 1.54) is 22.7 Å². The number of nitrogens with zero attached hydrogens (tertiary/aromatic N) is 4. The maximum atomic E-state index is 12.5. The molecule has 0 saturated carbocycles. The lowest BCUT2D eigenvalue weighted by Gasteiger charge is -2.14. The van der Waals surface area contributed by atoms with E-state index in [0.717, 1.165) is 24.0 Å². The fourth-order valence-corrected chi connectivity index (χ4v) is 3.22. The molecule has 7 nitrogen and oxygen atoms in total. The van der Waals surface area contributed by atoms with Gasteiger partial charge < -0.3 is 9.88 Å². The molecule has 0 aliphatic carbocycles. The van der Waals surface area contributed by atoms with E-state index in [2.05, 4.69) is 48.4 Å². The van der Waals surface area contributed by atoms with Crippen molar-refractivity contribution in [1.82, 2.24) is 24.0 Å². The highest BCUT2D eigenvalue weighted by Gasteiger charge is 2.14. The van der Waals surface area contributed by atoms with Crippen LogP contribution in [0.1, 0.15) is 24.5 Å². The highest BCUT2D eigenvalue weighted by Crippen LogP contribution is 2.08. The molecule has 1 N–H and O–H groups in total. The SMILES string of the molecule is Cc1ccc(CCNC(C)CCn2cnc3c2c(=O)n(C)c(=O)n3C)cc1. The predicted octanol–water partition coefficient (Wildman–Crippen LogP) is 1.35. The Morgan fingerprint density at radius 2 is 1.81 bits per heavy atom. The zero-order valence-electron chi connectivity index (χ0n) is 16.4. The number of rotatable bonds is 7. The van der Waals surface area contributed by atoms with Crippen molar-refractivity contribution >= 4 is 11.2 Å². The maximum absolute atomic E-state index is 12.5. The summed E-state index contributed by atoms with van der Waals surface area (Å²) in [6, 6.07) is 8.91. The van der Waals surface area contributed by atoms with Gasteiger partial charge in [0.15, 0.2) is 11.2 Å². The summed E-state index contributed by atoms with van der Waals surface area (Å²) in [5, 5.41) is 3.53. The fraction of sp³-hybridized carbons (Fsp3) is 0.450. The summed E-state index contributed by atoms with van der Waals surface area (Å²) in [6.45, 7) is 5.81. The van der Waals surface area contributed by atoms with Crippen LogP contribution in [0.15, 0.2) is 40.2 Å². The maximum Gasteiger partial charge on any atom is 0.332 e. The van der Waals surface area contributed by atoms with Crippen LogP contribution >= 0.6 is 0 Å². The molecule has 27 heavy (non-hydrogen) atoms. The van der Waals surface area contributed by atoms with E-state index in [1.807, 2.05) is 4.57 Å². The van der Waals surface area contributed by atoms with Gasteiger partial charge in [-0.2, -0.15) is 0 Å². The van der Waals surface area contributed by atoms with E-state index in [1.54, 1.807) is 13.4 Å². The van der Waals surface area contributed by atoms with Gasteiger partial charge in [0.2, 0.25) is 0 Å². The van der Waals surface area contributed by atoms with Crippen molar-refractivity contribution in [2.24, 2.45) is 14.1 Å². The van der Waals surface area contributed by atoms with Gasteiger partial charge in [0.1, 0.15) is 0 Å². The molecule has 0 saturated heterocycles. The molecule has 0 spiro atoms. The molecule has 2 heterocycles. The third-order valence-corrected chi connectivity index (χ3v) is 5.05.